The Morgan fingerprint density at radius 3 is 2.31 bits per heavy atom. The summed E-state index contributed by atoms with van der Waals surface area (Å²) in [4.78, 5) is 24.1. The van der Waals surface area contributed by atoms with E-state index in [0.29, 0.717) is 0 Å². The van der Waals surface area contributed by atoms with Gasteiger partial charge in [0.05, 0.1) is 6.42 Å². The van der Waals surface area contributed by atoms with E-state index in [2.05, 4.69) is 16.0 Å². The van der Waals surface area contributed by atoms with Gasteiger partial charge in [-0.05, 0) is 55.2 Å². The summed E-state index contributed by atoms with van der Waals surface area (Å²) in [5, 5.41) is 8.91. The van der Waals surface area contributed by atoms with Crippen molar-refractivity contribution in [1.29, 1.82) is 0 Å². The van der Waals surface area contributed by atoms with Crippen molar-refractivity contribution in [3.05, 3.63) is 59.7 Å². The predicted molar refractivity (Wildman–Crippen MR) is 107 cm³/mol. The van der Waals surface area contributed by atoms with Gasteiger partial charge in [0.25, 0.3) is 0 Å². The molecule has 0 spiro atoms. The van der Waals surface area contributed by atoms with Crippen LogP contribution in [0.5, 0.6) is 0 Å². The lowest BCUT2D eigenvalue weighted by Gasteiger charge is -2.15. The van der Waals surface area contributed by atoms with E-state index in [1.165, 1.54) is 0 Å². The van der Waals surface area contributed by atoms with Crippen molar-refractivity contribution < 1.29 is 9.59 Å². The first-order chi connectivity index (χ1) is 12.5. The molecule has 0 bridgehead atoms. The summed E-state index contributed by atoms with van der Waals surface area (Å²) in [7, 11) is 0. The molecule has 0 aliphatic heterocycles. The first kappa shape index (κ1) is 18.1. The Morgan fingerprint density at radius 2 is 1.65 bits per heavy atom. The Labute approximate surface area is 158 Å². The highest BCUT2D eigenvalue weighted by molar-refractivity contribution is 7.80. The number of amides is 2. The van der Waals surface area contributed by atoms with Crippen LogP contribution in [0.2, 0.25) is 0 Å². The molecule has 0 radical (unpaired) electrons. The van der Waals surface area contributed by atoms with Crippen LogP contribution in [-0.2, 0) is 16.0 Å². The monoisotopic (exact) mass is 367 g/mol. The molecular weight excluding hydrogens is 346 g/mol. The zero-order valence-corrected chi connectivity index (χ0v) is 15.4. The molecule has 0 aromatic heterocycles. The van der Waals surface area contributed by atoms with Gasteiger partial charge in [0, 0.05) is 17.3 Å². The van der Waals surface area contributed by atoms with Gasteiger partial charge in [0.2, 0.25) is 11.8 Å². The topological polar surface area (TPSA) is 70.2 Å². The van der Waals surface area contributed by atoms with Crippen LogP contribution in [0.4, 0.5) is 11.4 Å². The molecule has 1 aliphatic rings. The van der Waals surface area contributed by atoms with Gasteiger partial charge in [-0.2, -0.15) is 0 Å². The van der Waals surface area contributed by atoms with Crippen LogP contribution in [0, 0.1) is 12.8 Å². The third-order valence-electron chi connectivity index (χ3n) is 4.25. The standard InChI is InChI=1S/C20H21N3O2S/c1-13-16(21-19(25)15-10-11-15)8-5-9-17(13)22-20(26)23-18(24)12-14-6-3-2-4-7-14/h2-9,15H,10-12H2,1H3,(H,21,25)(H2,22,23,24,26). The summed E-state index contributed by atoms with van der Waals surface area (Å²) >= 11 is 5.24. The summed E-state index contributed by atoms with van der Waals surface area (Å²) in [6.45, 7) is 1.90. The molecule has 5 nitrogen and oxygen atoms in total. The van der Waals surface area contributed by atoms with Gasteiger partial charge in [0.1, 0.15) is 0 Å². The Bertz CT molecular complexity index is 832. The number of carbonyl (C=O) groups excluding carboxylic acids is 2. The van der Waals surface area contributed by atoms with E-state index < -0.39 is 0 Å². The second kappa shape index (κ2) is 8.10. The molecular formula is C20H21N3O2S. The maximum absolute atomic E-state index is 12.1. The molecule has 2 amide bonds. The zero-order valence-electron chi connectivity index (χ0n) is 14.5. The fourth-order valence-corrected chi connectivity index (χ4v) is 2.82. The van der Waals surface area contributed by atoms with Crippen LogP contribution in [0.1, 0.15) is 24.0 Å². The number of rotatable bonds is 5. The fourth-order valence-electron chi connectivity index (χ4n) is 2.59. The largest absolute Gasteiger partial charge is 0.332 e. The van der Waals surface area contributed by atoms with Crippen molar-refractivity contribution in [2.75, 3.05) is 10.6 Å². The average molecular weight is 367 g/mol. The Kier molecular flexibility index (Phi) is 5.63. The highest BCUT2D eigenvalue weighted by Gasteiger charge is 2.29. The summed E-state index contributed by atoms with van der Waals surface area (Å²) in [6.07, 6.45) is 2.18. The highest BCUT2D eigenvalue weighted by Crippen LogP contribution is 2.31. The van der Waals surface area contributed by atoms with Crippen LogP contribution in [0.15, 0.2) is 48.5 Å². The number of benzene rings is 2. The van der Waals surface area contributed by atoms with Crippen LogP contribution in [0.3, 0.4) is 0 Å². The number of thiocarbonyl (C=S) groups is 1. The molecule has 1 fully saturated rings. The molecule has 2 aromatic rings. The molecule has 3 rings (SSSR count). The Morgan fingerprint density at radius 1 is 1.00 bits per heavy atom. The number of nitrogens with one attached hydrogen (secondary N) is 3. The Hall–Kier alpha value is -2.73. The molecule has 0 heterocycles. The summed E-state index contributed by atoms with van der Waals surface area (Å²) < 4.78 is 0. The van der Waals surface area contributed by atoms with Crippen LogP contribution < -0.4 is 16.0 Å². The first-order valence-electron chi connectivity index (χ1n) is 8.58. The normalized spacial score (nSPS) is 13.0. The third-order valence-corrected chi connectivity index (χ3v) is 4.45. The molecule has 6 heteroatoms. The van der Waals surface area contributed by atoms with Crippen molar-refractivity contribution in [3.8, 4) is 0 Å². The zero-order chi connectivity index (χ0) is 18.5. The molecule has 26 heavy (non-hydrogen) atoms. The van der Waals surface area contributed by atoms with E-state index in [4.69, 9.17) is 12.2 Å². The quantitative estimate of drug-likeness (QED) is 0.709. The van der Waals surface area contributed by atoms with E-state index >= 15 is 0 Å². The summed E-state index contributed by atoms with van der Waals surface area (Å²) in [5.41, 5.74) is 3.31. The molecule has 134 valence electrons. The van der Waals surface area contributed by atoms with Gasteiger partial charge in [-0.25, -0.2) is 0 Å². The minimum atomic E-state index is -0.176. The van der Waals surface area contributed by atoms with Gasteiger partial charge in [-0.1, -0.05) is 36.4 Å². The predicted octanol–water partition coefficient (Wildman–Crippen LogP) is 3.40. The first-order valence-corrected chi connectivity index (χ1v) is 8.99. The molecule has 3 N–H and O–H groups in total. The van der Waals surface area contributed by atoms with Crippen molar-refractivity contribution in [2.45, 2.75) is 26.2 Å². The van der Waals surface area contributed by atoms with Crippen LogP contribution in [-0.4, -0.2) is 16.9 Å². The highest BCUT2D eigenvalue weighted by atomic mass is 32.1. The molecule has 0 atom stereocenters. The van der Waals surface area contributed by atoms with Gasteiger partial charge in [-0.3, -0.25) is 9.59 Å². The van der Waals surface area contributed by atoms with Crippen molar-refractivity contribution in [1.82, 2.24) is 5.32 Å². The van der Waals surface area contributed by atoms with Crippen molar-refractivity contribution >= 4 is 40.5 Å². The van der Waals surface area contributed by atoms with Gasteiger partial charge >= 0.3 is 0 Å². The van der Waals surface area contributed by atoms with Gasteiger partial charge in [-0.15, -0.1) is 0 Å². The summed E-state index contributed by atoms with van der Waals surface area (Å²) in [5.74, 6) is 0.0258. The molecule has 1 saturated carbocycles. The maximum Gasteiger partial charge on any atom is 0.230 e. The average Bonchev–Trinajstić information content (AvgIpc) is 3.44. The summed E-state index contributed by atoms with van der Waals surface area (Å²) in [6, 6.07) is 15.0. The molecule has 0 unspecified atom stereocenters. The van der Waals surface area contributed by atoms with E-state index in [1.54, 1.807) is 0 Å². The van der Waals surface area contributed by atoms with E-state index in [9.17, 15) is 9.59 Å². The molecule has 2 aromatic carbocycles. The number of hydrogen-bond donors (Lipinski definition) is 3. The van der Waals surface area contributed by atoms with E-state index in [-0.39, 0.29) is 29.3 Å². The number of carbonyl (C=O) groups is 2. The van der Waals surface area contributed by atoms with Gasteiger partial charge < -0.3 is 16.0 Å². The lowest BCUT2D eigenvalue weighted by Crippen LogP contribution is -2.35. The number of anilines is 2. The lowest BCUT2D eigenvalue weighted by atomic mass is 10.1. The Balaban J connectivity index is 1.58. The fraction of sp³-hybridized carbons (Fsp3) is 0.250. The van der Waals surface area contributed by atoms with Crippen molar-refractivity contribution in [3.63, 3.8) is 0 Å². The van der Waals surface area contributed by atoms with Crippen LogP contribution in [0.25, 0.3) is 0 Å². The third kappa shape index (κ3) is 4.89. The SMILES string of the molecule is Cc1c(NC(=O)C2CC2)cccc1NC(=S)NC(=O)Cc1ccccc1. The van der Waals surface area contributed by atoms with E-state index in [0.717, 1.165) is 35.3 Å². The van der Waals surface area contributed by atoms with Crippen LogP contribution >= 0.6 is 12.2 Å². The van der Waals surface area contributed by atoms with E-state index in [1.807, 2.05) is 55.5 Å². The molecule has 1 aliphatic carbocycles. The molecule has 0 saturated heterocycles. The van der Waals surface area contributed by atoms with Crippen molar-refractivity contribution in [2.24, 2.45) is 5.92 Å². The maximum atomic E-state index is 12.1. The number of hydrogen-bond acceptors (Lipinski definition) is 3. The second-order valence-electron chi connectivity index (χ2n) is 6.41. The second-order valence-corrected chi connectivity index (χ2v) is 6.81. The smallest absolute Gasteiger partial charge is 0.230 e. The minimum absolute atomic E-state index is 0.0593. The lowest BCUT2D eigenvalue weighted by molar-refractivity contribution is -0.119. The minimum Gasteiger partial charge on any atom is -0.332 e. The van der Waals surface area contributed by atoms with Gasteiger partial charge in [0.15, 0.2) is 5.11 Å².